The number of phenolic OH excluding ortho intramolecular Hbond substituents is 1. The van der Waals surface area contributed by atoms with Gasteiger partial charge in [0.2, 0.25) is 0 Å². The summed E-state index contributed by atoms with van der Waals surface area (Å²) >= 11 is 0. The van der Waals surface area contributed by atoms with Crippen molar-refractivity contribution in [3.8, 4) is 17.0 Å². The average molecular weight is 389 g/mol. The normalized spacial score (nSPS) is 15.2. The maximum absolute atomic E-state index is 10.7. The van der Waals surface area contributed by atoms with Crippen molar-refractivity contribution < 1.29 is 9.84 Å². The highest BCUT2D eigenvalue weighted by molar-refractivity contribution is 6.01. The molecule has 0 amide bonds. The molecule has 2 aromatic carbocycles. The quantitative estimate of drug-likeness (QED) is 0.547. The fourth-order valence-electron chi connectivity index (χ4n) is 3.92. The molecule has 29 heavy (non-hydrogen) atoms. The molecule has 7 heteroatoms. The molecular weight excluding hydrogens is 366 g/mol. The number of anilines is 1. The van der Waals surface area contributed by atoms with E-state index in [1.54, 1.807) is 18.5 Å². The van der Waals surface area contributed by atoms with Crippen molar-refractivity contribution in [2.24, 2.45) is 0 Å². The van der Waals surface area contributed by atoms with Crippen LogP contribution in [0.3, 0.4) is 0 Å². The van der Waals surface area contributed by atoms with Gasteiger partial charge in [-0.15, -0.1) is 0 Å². The molecule has 1 aliphatic rings. The number of hydrogen-bond donors (Lipinski definition) is 2. The van der Waals surface area contributed by atoms with Crippen LogP contribution in [0, 0.1) is 0 Å². The van der Waals surface area contributed by atoms with Crippen molar-refractivity contribution >= 4 is 22.2 Å². The molecule has 1 aliphatic heterocycles. The first-order valence-corrected chi connectivity index (χ1v) is 9.88. The predicted octanol–water partition coefficient (Wildman–Crippen LogP) is 3.00. The molecule has 1 fully saturated rings. The number of nitrogens with one attached hydrogen (secondary N) is 1. The molecule has 2 N–H and O–H groups in total. The van der Waals surface area contributed by atoms with E-state index in [2.05, 4.69) is 15.2 Å². The van der Waals surface area contributed by atoms with Crippen molar-refractivity contribution in [1.82, 2.24) is 19.3 Å². The zero-order valence-electron chi connectivity index (χ0n) is 16.1. The fourth-order valence-corrected chi connectivity index (χ4v) is 3.92. The second-order valence-electron chi connectivity index (χ2n) is 7.18. The Labute approximate surface area is 168 Å². The molecule has 7 nitrogen and oxygen atoms in total. The summed E-state index contributed by atoms with van der Waals surface area (Å²) < 4.78 is 7.42. The number of imidazole rings is 1. The van der Waals surface area contributed by atoms with E-state index in [1.807, 2.05) is 40.9 Å². The first-order valence-electron chi connectivity index (χ1n) is 9.88. The zero-order valence-corrected chi connectivity index (χ0v) is 16.1. The molecule has 2 aromatic heterocycles. The molecule has 4 aromatic rings. The monoisotopic (exact) mass is 389 g/mol. The van der Waals surface area contributed by atoms with Gasteiger partial charge in [0.1, 0.15) is 17.3 Å². The maximum atomic E-state index is 10.7. The molecular formula is C22H23N5O2. The Morgan fingerprint density at radius 1 is 1.10 bits per heavy atom. The third kappa shape index (κ3) is 3.39. The Morgan fingerprint density at radius 3 is 2.86 bits per heavy atom. The lowest BCUT2D eigenvalue weighted by Gasteiger charge is -2.26. The van der Waals surface area contributed by atoms with Gasteiger partial charge in [0.15, 0.2) is 5.65 Å². The van der Waals surface area contributed by atoms with Crippen LogP contribution in [0.5, 0.6) is 5.75 Å². The molecule has 0 spiro atoms. The number of aromatic nitrogens is 3. The van der Waals surface area contributed by atoms with Gasteiger partial charge in [0, 0.05) is 38.6 Å². The molecule has 0 aliphatic carbocycles. The van der Waals surface area contributed by atoms with Crippen LogP contribution in [0.4, 0.5) is 5.82 Å². The molecule has 148 valence electrons. The molecule has 1 saturated heterocycles. The molecule has 0 bridgehead atoms. The summed E-state index contributed by atoms with van der Waals surface area (Å²) in [7, 11) is 0. The minimum absolute atomic E-state index is 0.219. The number of hydrogen-bond acceptors (Lipinski definition) is 6. The highest BCUT2D eigenvalue weighted by Gasteiger charge is 2.20. The number of fused-ring (bicyclic) bond motifs is 2. The van der Waals surface area contributed by atoms with Gasteiger partial charge in [-0.2, -0.15) is 0 Å². The summed E-state index contributed by atoms with van der Waals surface area (Å²) in [6.45, 7) is 5.18. The van der Waals surface area contributed by atoms with Gasteiger partial charge >= 0.3 is 0 Å². The molecule has 0 atom stereocenters. The third-order valence-corrected chi connectivity index (χ3v) is 5.40. The van der Waals surface area contributed by atoms with Gasteiger partial charge in [0.25, 0.3) is 0 Å². The van der Waals surface area contributed by atoms with Crippen LogP contribution in [-0.2, 0) is 4.74 Å². The minimum atomic E-state index is 0.219. The van der Waals surface area contributed by atoms with E-state index >= 15 is 0 Å². The summed E-state index contributed by atoms with van der Waals surface area (Å²) in [6, 6.07) is 11.7. The van der Waals surface area contributed by atoms with E-state index in [4.69, 9.17) is 9.72 Å². The van der Waals surface area contributed by atoms with Crippen molar-refractivity contribution in [3.05, 3.63) is 55.0 Å². The largest absolute Gasteiger partial charge is 0.507 e. The lowest BCUT2D eigenvalue weighted by molar-refractivity contribution is 0.0398. The summed E-state index contributed by atoms with van der Waals surface area (Å²) in [5.41, 5.74) is 2.21. The van der Waals surface area contributed by atoms with E-state index < -0.39 is 0 Å². The topological polar surface area (TPSA) is 74.9 Å². The predicted molar refractivity (Wildman–Crippen MR) is 113 cm³/mol. The Kier molecular flexibility index (Phi) is 4.75. The van der Waals surface area contributed by atoms with Crippen LogP contribution in [0.2, 0.25) is 0 Å². The number of nitrogens with zero attached hydrogens (tertiary/aromatic N) is 4. The van der Waals surface area contributed by atoms with Gasteiger partial charge in [0.05, 0.1) is 25.0 Å². The Morgan fingerprint density at radius 2 is 1.97 bits per heavy atom. The number of rotatable bonds is 5. The van der Waals surface area contributed by atoms with Gasteiger partial charge in [-0.25, -0.2) is 4.98 Å². The SMILES string of the molecule is Oc1ccc2ccccc2c1-c1nc2cnccn2c1NCCN1CCOCC1. The van der Waals surface area contributed by atoms with E-state index in [0.29, 0.717) is 0 Å². The van der Waals surface area contributed by atoms with Crippen LogP contribution in [0.25, 0.3) is 27.7 Å². The summed E-state index contributed by atoms with van der Waals surface area (Å²) in [5, 5.41) is 16.3. The van der Waals surface area contributed by atoms with Crippen LogP contribution < -0.4 is 5.32 Å². The summed E-state index contributed by atoms with van der Waals surface area (Å²) in [4.78, 5) is 11.4. The number of aromatic hydroxyl groups is 1. The van der Waals surface area contributed by atoms with Crippen LogP contribution in [0.1, 0.15) is 0 Å². The molecule has 3 heterocycles. The number of ether oxygens (including phenoxy) is 1. The lowest BCUT2D eigenvalue weighted by atomic mass is 10.0. The second kappa shape index (κ2) is 7.69. The molecule has 0 radical (unpaired) electrons. The maximum Gasteiger partial charge on any atom is 0.157 e. The Balaban J connectivity index is 1.56. The van der Waals surface area contributed by atoms with E-state index in [-0.39, 0.29) is 5.75 Å². The first kappa shape index (κ1) is 17.9. The zero-order chi connectivity index (χ0) is 19.6. The van der Waals surface area contributed by atoms with Crippen LogP contribution >= 0.6 is 0 Å². The summed E-state index contributed by atoms with van der Waals surface area (Å²) in [5.74, 6) is 1.08. The van der Waals surface area contributed by atoms with E-state index in [1.165, 1.54) is 0 Å². The number of benzene rings is 2. The number of morpholine rings is 1. The van der Waals surface area contributed by atoms with Crippen LogP contribution in [0.15, 0.2) is 55.0 Å². The third-order valence-electron chi connectivity index (χ3n) is 5.40. The summed E-state index contributed by atoms with van der Waals surface area (Å²) in [6.07, 6.45) is 5.37. The molecule has 0 unspecified atom stereocenters. The highest BCUT2D eigenvalue weighted by Crippen LogP contribution is 2.39. The van der Waals surface area contributed by atoms with Gasteiger partial charge in [-0.05, 0) is 16.8 Å². The van der Waals surface area contributed by atoms with Gasteiger partial charge in [-0.3, -0.25) is 14.3 Å². The number of phenols is 1. The Hall–Kier alpha value is -3.16. The smallest absolute Gasteiger partial charge is 0.157 e. The average Bonchev–Trinajstić information content (AvgIpc) is 3.12. The minimum Gasteiger partial charge on any atom is -0.507 e. The lowest BCUT2D eigenvalue weighted by Crippen LogP contribution is -2.39. The van der Waals surface area contributed by atoms with Crippen molar-refractivity contribution in [2.75, 3.05) is 44.7 Å². The highest BCUT2D eigenvalue weighted by atomic mass is 16.5. The van der Waals surface area contributed by atoms with E-state index in [9.17, 15) is 5.11 Å². The fraction of sp³-hybridized carbons (Fsp3) is 0.273. The molecule has 0 saturated carbocycles. The van der Waals surface area contributed by atoms with Gasteiger partial charge in [-0.1, -0.05) is 30.3 Å². The van der Waals surface area contributed by atoms with Crippen molar-refractivity contribution in [1.29, 1.82) is 0 Å². The molecule has 5 rings (SSSR count). The second-order valence-corrected chi connectivity index (χ2v) is 7.18. The van der Waals surface area contributed by atoms with Crippen molar-refractivity contribution in [2.45, 2.75) is 0 Å². The van der Waals surface area contributed by atoms with Gasteiger partial charge < -0.3 is 15.2 Å². The standard InChI is InChI=1S/C22H23N5O2/c28-18-6-5-16-3-1-2-4-17(16)20(18)21-22(27-10-7-23-15-19(27)25-21)24-8-9-26-11-13-29-14-12-26/h1-7,10,15,24,28H,8-9,11-14H2. The van der Waals surface area contributed by atoms with Crippen LogP contribution in [-0.4, -0.2) is 63.8 Å². The first-order chi connectivity index (χ1) is 14.3. The van der Waals surface area contributed by atoms with E-state index in [0.717, 1.165) is 72.9 Å². The Bertz CT molecular complexity index is 1150. The van der Waals surface area contributed by atoms with Crippen molar-refractivity contribution in [3.63, 3.8) is 0 Å².